The largest absolute Gasteiger partial charge is 0.423 e. The van der Waals surface area contributed by atoms with Crippen LogP contribution in [0.25, 0.3) is 11.1 Å². The number of benzene rings is 2. The molecule has 0 radical (unpaired) electrons. The second-order valence-corrected chi connectivity index (χ2v) is 9.24. The third-order valence-corrected chi connectivity index (χ3v) is 7.06. The minimum atomic E-state index is -3.58. The summed E-state index contributed by atoms with van der Waals surface area (Å²) >= 11 is 0. The second-order valence-electron chi connectivity index (χ2n) is 7.51. The van der Waals surface area contributed by atoms with Gasteiger partial charge in [0.25, 0.3) is 6.01 Å². The van der Waals surface area contributed by atoms with Crippen LogP contribution in [-0.4, -0.2) is 32.5 Å². The van der Waals surface area contributed by atoms with E-state index in [1.54, 1.807) is 6.07 Å². The highest BCUT2D eigenvalue weighted by Gasteiger charge is 2.30. The zero-order valence-corrected chi connectivity index (χ0v) is 17.2. The molecular formula is C21H25N3O3S. The summed E-state index contributed by atoms with van der Waals surface area (Å²) in [5.74, 6) is 0. The molecule has 1 aliphatic rings. The van der Waals surface area contributed by atoms with Crippen molar-refractivity contribution in [1.29, 1.82) is 0 Å². The van der Waals surface area contributed by atoms with E-state index in [0.717, 1.165) is 47.2 Å². The van der Waals surface area contributed by atoms with E-state index >= 15 is 0 Å². The molecule has 7 heteroatoms. The van der Waals surface area contributed by atoms with Gasteiger partial charge in [0.15, 0.2) is 5.58 Å². The number of nitrogens with zero attached hydrogens (tertiary/aromatic N) is 2. The SMILES string of the molecule is Cc1cc(C)c(S(=O)(=O)NCC2CCCN2c2nc3ccccc3o2)cc1C. The van der Waals surface area contributed by atoms with Crippen LogP contribution in [0.3, 0.4) is 0 Å². The highest BCUT2D eigenvalue weighted by molar-refractivity contribution is 7.89. The predicted octanol–water partition coefficient (Wildman–Crippen LogP) is 3.70. The normalized spacial score (nSPS) is 17.5. The van der Waals surface area contributed by atoms with E-state index in [-0.39, 0.29) is 6.04 Å². The third-order valence-electron chi connectivity index (χ3n) is 5.50. The monoisotopic (exact) mass is 399 g/mol. The van der Waals surface area contributed by atoms with Crippen LogP contribution in [0, 0.1) is 20.8 Å². The molecule has 0 amide bonds. The minimum absolute atomic E-state index is 0.0229. The quantitative estimate of drug-likeness (QED) is 0.708. The van der Waals surface area contributed by atoms with Crippen LogP contribution in [-0.2, 0) is 10.0 Å². The highest BCUT2D eigenvalue weighted by Crippen LogP contribution is 2.28. The predicted molar refractivity (Wildman–Crippen MR) is 110 cm³/mol. The number of anilines is 1. The molecule has 1 N–H and O–H groups in total. The Hall–Kier alpha value is -2.38. The first kappa shape index (κ1) is 19.0. The number of aryl methyl sites for hydroxylation is 3. The van der Waals surface area contributed by atoms with Gasteiger partial charge in [-0.15, -0.1) is 0 Å². The minimum Gasteiger partial charge on any atom is -0.423 e. The lowest BCUT2D eigenvalue weighted by Crippen LogP contribution is -2.40. The molecule has 1 aromatic heterocycles. The van der Waals surface area contributed by atoms with E-state index in [2.05, 4.69) is 14.6 Å². The van der Waals surface area contributed by atoms with E-state index in [4.69, 9.17) is 4.42 Å². The molecule has 148 valence electrons. The van der Waals surface area contributed by atoms with Crippen molar-refractivity contribution in [1.82, 2.24) is 9.71 Å². The van der Waals surface area contributed by atoms with Gasteiger partial charge in [0.05, 0.1) is 4.90 Å². The average molecular weight is 400 g/mol. The fourth-order valence-electron chi connectivity index (χ4n) is 3.79. The molecular weight excluding hydrogens is 374 g/mol. The standard InChI is InChI=1S/C21H25N3O3S/c1-14-11-16(3)20(12-15(14)2)28(25,26)22-13-17-7-6-10-24(17)21-23-18-8-4-5-9-19(18)27-21/h4-5,8-9,11-12,17,22H,6-7,10,13H2,1-3H3. The molecule has 1 atom stereocenters. The number of rotatable bonds is 5. The number of oxazole rings is 1. The summed E-state index contributed by atoms with van der Waals surface area (Å²) in [5, 5.41) is 0. The van der Waals surface area contributed by atoms with Crippen molar-refractivity contribution in [3.8, 4) is 0 Å². The number of hydrogen-bond donors (Lipinski definition) is 1. The van der Waals surface area contributed by atoms with Crippen LogP contribution in [0.15, 0.2) is 45.7 Å². The Kier molecular flexibility index (Phi) is 4.89. The molecule has 28 heavy (non-hydrogen) atoms. The maximum atomic E-state index is 12.9. The summed E-state index contributed by atoms with van der Waals surface area (Å²) in [6.07, 6.45) is 1.88. The summed E-state index contributed by atoms with van der Waals surface area (Å²) in [6.45, 7) is 6.89. The van der Waals surface area contributed by atoms with Gasteiger partial charge in [0, 0.05) is 19.1 Å². The molecule has 1 unspecified atom stereocenters. The summed E-state index contributed by atoms with van der Waals surface area (Å²) in [6, 6.07) is 11.9. The van der Waals surface area contributed by atoms with E-state index in [0.29, 0.717) is 17.5 Å². The van der Waals surface area contributed by atoms with Crippen LogP contribution >= 0.6 is 0 Å². The summed E-state index contributed by atoms with van der Waals surface area (Å²) in [7, 11) is -3.58. The maximum Gasteiger partial charge on any atom is 0.298 e. The first-order valence-electron chi connectivity index (χ1n) is 9.55. The number of nitrogens with one attached hydrogen (secondary N) is 1. The average Bonchev–Trinajstić information content (AvgIpc) is 3.28. The van der Waals surface area contributed by atoms with Gasteiger partial charge >= 0.3 is 0 Å². The molecule has 1 aliphatic heterocycles. The van der Waals surface area contributed by atoms with Crippen LogP contribution in [0.2, 0.25) is 0 Å². The molecule has 1 saturated heterocycles. The van der Waals surface area contributed by atoms with Crippen LogP contribution in [0.5, 0.6) is 0 Å². The molecule has 1 fully saturated rings. The van der Waals surface area contributed by atoms with Gasteiger partial charge in [-0.2, -0.15) is 4.98 Å². The topological polar surface area (TPSA) is 75.4 Å². The van der Waals surface area contributed by atoms with Gasteiger partial charge in [0.2, 0.25) is 10.0 Å². The summed E-state index contributed by atoms with van der Waals surface area (Å²) < 4.78 is 34.5. The van der Waals surface area contributed by atoms with Crippen molar-refractivity contribution in [3.05, 3.63) is 53.1 Å². The van der Waals surface area contributed by atoms with E-state index in [1.807, 2.05) is 51.1 Å². The lowest BCUT2D eigenvalue weighted by atomic mass is 10.1. The zero-order chi connectivity index (χ0) is 19.9. The molecule has 0 bridgehead atoms. The lowest BCUT2D eigenvalue weighted by Gasteiger charge is -2.23. The van der Waals surface area contributed by atoms with Crippen molar-refractivity contribution < 1.29 is 12.8 Å². The molecule has 6 nitrogen and oxygen atoms in total. The van der Waals surface area contributed by atoms with Crippen LogP contribution < -0.4 is 9.62 Å². The number of hydrogen-bond acceptors (Lipinski definition) is 5. The molecule has 0 spiro atoms. The van der Waals surface area contributed by atoms with Gasteiger partial charge in [-0.25, -0.2) is 13.1 Å². The number of aromatic nitrogens is 1. The Bertz CT molecular complexity index is 1090. The van der Waals surface area contributed by atoms with E-state index < -0.39 is 10.0 Å². The highest BCUT2D eigenvalue weighted by atomic mass is 32.2. The zero-order valence-electron chi connectivity index (χ0n) is 16.4. The summed E-state index contributed by atoms with van der Waals surface area (Å²) in [5.41, 5.74) is 4.39. The Morgan fingerprint density at radius 2 is 1.89 bits per heavy atom. The van der Waals surface area contributed by atoms with Gasteiger partial charge in [0.1, 0.15) is 5.52 Å². The third kappa shape index (κ3) is 3.52. The fraction of sp³-hybridized carbons (Fsp3) is 0.381. The Labute approximate surface area is 165 Å². The molecule has 0 aliphatic carbocycles. The Morgan fingerprint density at radius 1 is 1.14 bits per heavy atom. The van der Waals surface area contributed by atoms with Gasteiger partial charge in [-0.1, -0.05) is 18.2 Å². The smallest absolute Gasteiger partial charge is 0.298 e. The molecule has 2 aromatic carbocycles. The molecule has 2 heterocycles. The Morgan fingerprint density at radius 3 is 2.68 bits per heavy atom. The van der Waals surface area contributed by atoms with Crippen molar-refractivity contribution >= 4 is 27.1 Å². The van der Waals surface area contributed by atoms with Gasteiger partial charge < -0.3 is 9.32 Å². The maximum absolute atomic E-state index is 12.9. The van der Waals surface area contributed by atoms with E-state index in [1.165, 1.54) is 0 Å². The van der Waals surface area contributed by atoms with Crippen molar-refractivity contribution in [3.63, 3.8) is 0 Å². The van der Waals surface area contributed by atoms with E-state index in [9.17, 15) is 8.42 Å². The first-order chi connectivity index (χ1) is 13.3. The van der Waals surface area contributed by atoms with Crippen molar-refractivity contribution in [2.75, 3.05) is 18.0 Å². The molecule has 4 rings (SSSR count). The molecule has 3 aromatic rings. The Balaban J connectivity index is 1.53. The number of para-hydroxylation sites is 2. The number of fused-ring (bicyclic) bond motifs is 1. The summed E-state index contributed by atoms with van der Waals surface area (Å²) in [4.78, 5) is 6.98. The first-order valence-corrected chi connectivity index (χ1v) is 11.0. The van der Waals surface area contributed by atoms with Gasteiger partial charge in [-0.05, 0) is 68.5 Å². The van der Waals surface area contributed by atoms with Crippen LogP contribution in [0.1, 0.15) is 29.5 Å². The van der Waals surface area contributed by atoms with Crippen molar-refractivity contribution in [2.24, 2.45) is 0 Å². The van der Waals surface area contributed by atoms with Crippen LogP contribution in [0.4, 0.5) is 6.01 Å². The van der Waals surface area contributed by atoms with Gasteiger partial charge in [-0.3, -0.25) is 0 Å². The lowest BCUT2D eigenvalue weighted by molar-refractivity contribution is 0.533. The fourth-order valence-corrected chi connectivity index (χ4v) is 5.17. The second kappa shape index (κ2) is 7.22. The van der Waals surface area contributed by atoms with Crippen molar-refractivity contribution in [2.45, 2.75) is 44.6 Å². The number of sulfonamides is 1. The molecule has 0 saturated carbocycles.